The maximum absolute atomic E-state index is 14.0. The number of rotatable bonds is 24. The Balaban J connectivity index is 0.00000269. The van der Waals surface area contributed by atoms with Crippen LogP contribution in [0.2, 0.25) is 0 Å². The van der Waals surface area contributed by atoms with E-state index in [4.69, 9.17) is 32.2 Å². The second-order valence-electron chi connectivity index (χ2n) is 14.7. The Hall–Kier alpha value is -6.99. The number of carbonyl (C=O) groups is 8. The van der Waals surface area contributed by atoms with Gasteiger partial charge in [0.05, 0.1) is 18.8 Å². The Morgan fingerprint density at radius 1 is 0.781 bits per heavy atom. The van der Waals surface area contributed by atoms with Crippen LogP contribution >= 0.6 is 0 Å². The summed E-state index contributed by atoms with van der Waals surface area (Å²) in [7, 11) is 0. The van der Waals surface area contributed by atoms with Crippen LogP contribution in [0, 0.1) is 11.8 Å². The number of hydrogen-bond donors (Lipinski definition) is 13. The molecule has 26 heteroatoms. The number of H-pyrrole nitrogens is 1. The number of carboxylic acid groups (broad SMARTS) is 3. The number of guanidine groups is 1. The smallest absolute Gasteiger partial charge is 0.490 e. The summed E-state index contributed by atoms with van der Waals surface area (Å²) in [6.45, 7) is 6.80. The van der Waals surface area contributed by atoms with Gasteiger partial charge in [-0.3, -0.25) is 33.8 Å². The number of aromatic nitrogens is 2. The predicted molar refractivity (Wildman–Crippen MR) is 220 cm³/mol. The lowest BCUT2D eigenvalue weighted by molar-refractivity contribution is -0.192. The molecule has 0 aliphatic carbocycles. The minimum atomic E-state index is -5.08. The number of phenolic OH excluding ortho intramolecular Hbond substituents is 1. The molecule has 0 radical (unpaired) electrons. The number of benzene rings is 1. The van der Waals surface area contributed by atoms with E-state index >= 15 is 0 Å². The lowest BCUT2D eigenvalue weighted by atomic mass is 9.96. The molecule has 2 rings (SSSR count). The summed E-state index contributed by atoms with van der Waals surface area (Å²) >= 11 is 0. The fourth-order valence-electron chi connectivity index (χ4n) is 5.49. The highest BCUT2D eigenvalue weighted by Crippen LogP contribution is 2.15. The van der Waals surface area contributed by atoms with E-state index < -0.39 is 108 Å². The molecule has 1 aromatic heterocycles. The summed E-state index contributed by atoms with van der Waals surface area (Å²) in [5, 5.41) is 48.7. The maximum atomic E-state index is 14.0. The molecular weight excluding hydrogens is 859 g/mol. The van der Waals surface area contributed by atoms with Crippen LogP contribution < -0.4 is 43.8 Å². The average molecular weight is 916 g/mol. The van der Waals surface area contributed by atoms with E-state index in [1.165, 1.54) is 36.8 Å². The van der Waals surface area contributed by atoms with Gasteiger partial charge in [-0.1, -0.05) is 46.2 Å². The van der Waals surface area contributed by atoms with Gasteiger partial charge in [-0.2, -0.15) is 13.2 Å². The van der Waals surface area contributed by atoms with E-state index in [9.17, 15) is 56.9 Å². The van der Waals surface area contributed by atoms with Gasteiger partial charge in [0, 0.05) is 31.3 Å². The lowest BCUT2D eigenvalue weighted by Crippen LogP contribution is -2.61. The van der Waals surface area contributed by atoms with E-state index in [1.807, 2.05) is 0 Å². The molecule has 1 heterocycles. The van der Waals surface area contributed by atoms with Crippen molar-refractivity contribution in [3.05, 3.63) is 48.0 Å². The molecule has 5 amide bonds. The third-order valence-corrected chi connectivity index (χ3v) is 9.19. The summed E-state index contributed by atoms with van der Waals surface area (Å²) in [4.78, 5) is 111. The third-order valence-electron chi connectivity index (χ3n) is 9.19. The fraction of sp³-hybridized carbons (Fsp3) is 0.526. The fourth-order valence-corrected chi connectivity index (χ4v) is 5.49. The lowest BCUT2D eigenvalue weighted by Gasteiger charge is -2.30. The number of aliphatic imine (C=N–C) groups is 1. The van der Waals surface area contributed by atoms with Crippen LogP contribution in [0.1, 0.15) is 64.6 Å². The largest absolute Gasteiger partial charge is 0.508 e. The number of imidazole rings is 1. The Labute approximate surface area is 364 Å². The van der Waals surface area contributed by atoms with Crippen LogP contribution in [-0.2, 0) is 51.2 Å². The highest BCUT2D eigenvalue weighted by molar-refractivity contribution is 5.97. The van der Waals surface area contributed by atoms with Crippen LogP contribution in [0.4, 0.5) is 13.2 Å². The molecule has 0 saturated heterocycles. The summed E-state index contributed by atoms with van der Waals surface area (Å²) in [5.74, 6) is -10.9. The Bertz CT molecular complexity index is 1910. The molecule has 1 aromatic carbocycles. The van der Waals surface area contributed by atoms with Gasteiger partial charge in [0.25, 0.3) is 0 Å². The van der Waals surface area contributed by atoms with Crippen molar-refractivity contribution in [2.45, 2.75) is 109 Å². The highest BCUT2D eigenvalue weighted by atomic mass is 19.4. The Morgan fingerprint density at radius 2 is 1.31 bits per heavy atom. The SMILES string of the molecule is CCC(C)C(NC(=O)C(Cc1ccc(O)cc1)NC(=O)C(NC(=O)C(CCCN=C(N)N)NC(=O)C(N)CC(=O)O)C(C)C)C(=O)NC(Cc1cnc[nH]1)C(=O)O.O=C(O)C(F)(F)F. The molecule has 0 bridgehead atoms. The number of carboxylic acids is 3. The number of amides is 5. The zero-order valence-corrected chi connectivity index (χ0v) is 35.3. The second-order valence-corrected chi connectivity index (χ2v) is 14.7. The number of phenols is 1. The zero-order valence-electron chi connectivity index (χ0n) is 35.3. The van der Waals surface area contributed by atoms with Gasteiger partial charge in [-0.05, 0) is 42.4 Å². The number of carbonyl (C=O) groups excluding carboxylic acids is 5. The van der Waals surface area contributed by atoms with Crippen LogP contribution in [0.5, 0.6) is 5.75 Å². The van der Waals surface area contributed by atoms with Gasteiger partial charge in [0.1, 0.15) is 36.0 Å². The molecular formula is C38H56F3N11O12. The summed E-state index contributed by atoms with van der Waals surface area (Å²) in [6, 6.07) is -2.20. The number of nitrogens with two attached hydrogens (primary N) is 3. The van der Waals surface area contributed by atoms with Crippen molar-refractivity contribution in [3.63, 3.8) is 0 Å². The standard InChI is InChI=1S/C36H55N11O10.C2HF3O2/c1-5-19(4)29(34(55)45-26(35(56)57)14-21-16-40-17-42-21)47-32(53)25(13-20-8-10-22(48)11-9-20)44-33(54)28(18(2)3)46-31(52)24(7-6-12-41-36(38)39)43-30(51)23(37)15-27(49)50;3-2(4,5)1(6)7/h8-11,16-19,23-26,28-29,48H,5-7,12-15,37H2,1-4H3,(H,40,42)(H,43,51)(H,44,54)(H,45,55)(H,46,52)(H,47,53)(H,49,50)(H,56,57)(H4,38,39,41);(H,6,7). The van der Waals surface area contributed by atoms with Crippen LogP contribution in [0.15, 0.2) is 41.8 Å². The van der Waals surface area contributed by atoms with Crippen LogP contribution in [-0.4, -0.2) is 133 Å². The molecule has 2 aromatic rings. The first-order valence-electron chi connectivity index (χ1n) is 19.6. The number of nitrogens with zero attached hydrogens (tertiary/aromatic N) is 2. The number of aliphatic carboxylic acids is 3. The quantitative estimate of drug-likeness (QED) is 0.0327. The number of aromatic hydroxyl groups is 1. The molecule has 0 spiro atoms. The van der Waals surface area contributed by atoms with E-state index in [2.05, 4.69) is 41.5 Å². The Morgan fingerprint density at radius 3 is 1.80 bits per heavy atom. The average Bonchev–Trinajstić information content (AvgIpc) is 3.72. The Kier molecular flexibility index (Phi) is 22.8. The number of aromatic amines is 1. The molecule has 16 N–H and O–H groups in total. The number of alkyl halides is 3. The maximum Gasteiger partial charge on any atom is 0.490 e. The van der Waals surface area contributed by atoms with E-state index in [-0.39, 0.29) is 43.9 Å². The van der Waals surface area contributed by atoms with Crippen molar-refractivity contribution >= 4 is 53.4 Å². The molecule has 23 nitrogen and oxygen atoms in total. The summed E-state index contributed by atoms with van der Waals surface area (Å²) in [5.41, 5.74) is 17.4. The zero-order chi connectivity index (χ0) is 48.9. The first-order chi connectivity index (χ1) is 29.8. The molecule has 7 unspecified atom stereocenters. The van der Waals surface area contributed by atoms with Crippen molar-refractivity contribution in [2.24, 2.45) is 34.0 Å². The second kappa shape index (κ2) is 26.5. The van der Waals surface area contributed by atoms with E-state index in [1.54, 1.807) is 27.7 Å². The highest BCUT2D eigenvalue weighted by Gasteiger charge is 2.38. The van der Waals surface area contributed by atoms with Gasteiger partial charge in [0.2, 0.25) is 29.5 Å². The summed E-state index contributed by atoms with van der Waals surface area (Å²) < 4.78 is 31.7. The normalized spacial score (nSPS) is 14.3. The summed E-state index contributed by atoms with van der Waals surface area (Å²) in [6.07, 6.45) is -2.69. The molecule has 0 fully saturated rings. The van der Waals surface area contributed by atoms with Crippen molar-refractivity contribution in [2.75, 3.05) is 6.54 Å². The van der Waals surface area contributed by atoms with Crippen LogP contribution in [0.3, 0.4) is 0 Å². The number of hydrogen-bond acceptors (Lipinski definition) is 12. The number of halogens is 3. The molecule has 0 aliphatic rings. The van der Waals surface area contributed by atoms with Crippen molar-refractivity contribution in [1.82, 2.24) is 36.6 Å². The van der Waals surface area contributed by atoms with Crippen LogP contribution in [0.25, 0.3) is 0 Å². The monoisotopic (exact) mass is 915 g/mol. The van der Waals surface area contributed by atoms with Crippen molar-refractivity contribution < 1.29 is 72.0 Å². The number of nitrogens with one attached hydrogen (secondary N) is 6. The minimum Gasteiger partial charge on any atom is -0.508 e. The van der Waals surface area contributed by atoms with Crippen molar-refractivity contribution in [3.8, 4) is 5.75 Å². The topological polar surface area (TPSA) is 397 Å². The molecule has 64 heavy (non-hydrogen) atoms. The first-order valence-corrected chi connectivity index (χ1v) is 19.6. The van der Waals surface area contributed by atoms with Gasteiger partial charge >= 0.3 is 24.1 Å². The third kappa shape index (κ3) is 20.3. The van der Waals surface area contributed by atoms with Gasteiger partial charge in [-0.25, -0.2) is 14.6 Å². The first kappa shape index (κ1) is 55.0. The van der Waals surface area contributed by atoms with E-state index in [0.29, 0.717) is 17.7 Å². The van der Waals surface area contributed by atoms with Gasteiger partial charge in [-0.15, -0.1) is 0 Å². The van der Waals surface area contributed by atoms with E-state index in [0.717, 1.165) is 0 Å². The van der Waals surface area contributed by atoms with Crippen molar-refractivity contribution in [1.29, 1.82) is 0 Å². The molecule has 0 saturated carbocycles. The molecule has 7 atom stereocenters. The predicted octanol–water partition coefficient (Wildman–Crippen LogP) is -1.40. The van der Waals surface area contributed by atoms with Gasteiger partial charge < -0.3 is 69.2 Å². The minimum absolute atomic E-state index is 0.0316. The van der Waals surface area contributed by atoms with Gasteiger partial charge in [0.15, 0.2) is 5.96 Å². The molecule has 0 aliphatic heterocycles. The molecule has 356 valence electrons.